The number of pyridine rings is 1. The minimum atomic E-state index is -0.135. The van der Waals surface area contributed by atoms with Crippen molar-refractivity contribution < 1.29 is 14.5 Å². The third-order valence-corrected chi connectivity index (χ3v) is 9.58. The maximum absolute atomic E-state index is 13.3. The van der Waals surface area contributed by atoms with Crippen molar-refractivity contribution in [3.63, 3.8) is 0 Å². The molecule has 1 aromatic rings. The molecule has 0 unspecified atom stereocenters. The molecule has 3 nitrogen and oxygen atoms in total. The van der Waals surface area contributed by atoms with E-state index in [2.05, 4.69) is 19.9 Å². The van der Waals surface area contributed by atoms with E-state index in [0.717, 1.165) is 43.9 Å². The Morgan fingerprint density at radius 3 is 2.66 bits per heavy atom. The zero-order valence-corrected chi connectivity index (χ0v) is 18.0. The van der Waals surface area contributed by atoms with Gasteiger partial charge < -0.3 is 5.11 Å². The molecular weight excluding hydrogens is 358 g/mol. The molecule has 4 aliphatic rings. The molecule has 29 heavy (non-hydrogen) atoms. The van der Waals surface area contributed by atoms with Crippen molar-refractivity contribution in [1.82, 2.24) is 0 Å². The molecule has 0 saturated heterocycles. The molecule has 3 heteroatoms. The summed E-state index contributed by atoms with van der Waals surface area (Å²) in [4.78, 5) is 13.3. The highest BCUT2D eigenvalue weighted by Gasteiger charge is 2.59. The molecule has 0 aromatic carbocycles. The Labute approximate surface area is 175 Å². The highest BCUT2D eigenvalue weighted by atomic mass is 16.3. The van der Waals surface area contributed by atoms with E-state index in [4.69, 9.17) is 0 Å². The number of ketones is 1. The quantitative estimate of drug-likeness (QED) is 0.606. The van der Waals surface area contributed by atoms with Gasteiger partial charge in [0, 0.05) is 18.1 Å². The number of carbonyl (C=O) groups excluding carboxylic acids is 1. The van der Waals surface area contributed by atoms with E-state index >= 15 is 0 Å². The van der Waals surface area contributed by atoms with Crippen LogP contribution in [-0.4, -0.2) is 17.0 Å². The molecule has 7 atom stereocenters. The average molecular weight is 395 g/mol. The summed E-state index contributed by atoms with van der Waals surface area (Å²) in [5.41, 5.74) is 1.99. The number of carbonyl (C=O) groups is 1. The molecule has 4 aliphatic carbocycles. The van der Waals surface area contributed by atoms with Crippen LogP contribution in [0.1, 0.15) is 65.2 Å². The first-order chi connectivity index (χ1) is 13.9. The molecule has 5 rings (SSSR count). The van der Waals surface area contributed by atoms with Gasteiger partial charge >= 0.3 is 0 Å². The largest absolute Gasteiger partial charge is 0.393 e. The van der Waals surface area contributed by atoms with Gasteiger partial charge in [0.25, 0.3) is 0 Å². The van der Waals surface area contributed by atoms with Gasteiger partial charge in [0.2, 0.25) is 12.3 Å². The second kappa shape index (κ2) is 7.04. The molecule has 3 saturated carbocycles. The number of rotatable bonds is 3. The molecule has 1 aromatic heterocycles. The van der Waals surface area contributed by atoms with Crippen molar-refractivity contribution in [1.29, 1.82) is 0 Å². The van der Waals surface area contributed by atoms with Crippen LogP contribution in [0.5, 0.6) is 0 Å². The summed E-state index contributed by atoms with van der Waals surface area (Å²) in [6.07, 6.45) is 15.3. The van der Waals surface area contributed by atoms with Gasteiger partial charge in [-0.3, -0.25) is 4.79 Å². The second-order valence-corrected chi connectivity index (χ2v) is 10.8. The maximum atomic E-state index is 13.3. The monoisotopic (exact) mass is 394 g/mol. The number of Topliss-reactive ketones (excluding diaryl/α,β-unsaturated/α-hetero) is 1. The standard InChI is InChI=1S/C26H36NO2/c1-25-12-10-19(28)16-18(25)6-7-20-21-8-9-23(26(21,2)13-11-22(20)25)24(29)17-27-14-4-3-5-15-27/h3-6,14-15,19-23,28H,7-13,16-17H2,1-2H3/q+1/t19-,20+,21+,22+,23-,25+,26+/m1/s1. The van der Waals surface area contributed by atoms with Gasteiger partial charge in [-0.1, -0.05) is 31.6 Å². The first-order valence-corrected chi connectivity index (χ1v) is 11.8. The van der Waals surface area contributed by atoms with Gasteiger partial charge in [-0.25, -0.2) is 0 Å². The van der Waals surface area contributed by atoms with Crippen LogP contribution in [0.2, 0.25) is 0 Å². The van der Waals surface area contributed by atoms with Crippen molar-refractivity contribution in [3.8, 4) is 0 Å². The summed E-state index contributed by atoms with van der Waals surface area (Å²) in [5.74, 6) is 2.79. The van der Waals surface area contributed by atoms with Crippen molar-refractivity contribution in [2.75, 3.05) is 0 Å². The fraction of sp³-hybridized carbons (Fsp3) is 0.692. The predicted octanol–water partition coefficient (Wildman–Crippen LogP) is 4.48. The number of fused-ring (bicyclic) bond motifs is 5. The Hall–Kier alpha value is -1.48. The summed E-state index contributed by atoms with van der Waals surface area (Å²) >= 11 is 0. The van der Waals surface area contributed by atoms with Crippen molar-refractivity contribution >= 4 is 5.78 Å². The minimum absolute atomic E-state index is 0.135. The SMILES string of the molecule is C[C@]12CC[C@H]3[C@@H](CC=C4C[C@H](O)CC[C@@]43C)[C@@H]1CC[C@@H]2C(=O)C[n+]1ccccc1. The summed E-state index contributed by atoms with van der Waals surface area (Å²) < 4.78 is 2.04. The molecule has 1 N–H and O–H groups in total. The number of allylic oxidation sites excluding steroid dienone is 1. The Bertz CT molecular complexity index is 817. The van der Waals surface area contributed by atoms with Crippen LogP contribution in [0.15, 0.2) is 42.2 Å². The van der Waals surface area contributed by atoms with Crippen molar-refractivity contribution in [2.24, 2.45) is 34.5 Å². The van der Waals surface area contributed by atoms with E-state index in [1.54, 1.807) is 0 Å². The van der Waals surface area contributed by atoms with Crippen LogP contribution >= 0.6 is 0 Å². The lowest BCUT2D eigenvalue weighted by Gasteiger charge is -2.57. The molecule has 0 aliphatic heterocycles. The van der Waals surface area contributed by atoms with E-state index in [1.807, 2.05) is 35.2 Å². The van der Waals surface area contributed by atoms with Gasteiger partial charge in [0.15, 0.2) is 12.4 Å². The van der Waals surface area contributed by atoms with E-state index in [9.17, 15) is 9.90 Å². The Morgan fingerprint density at radius 1 is 1.07 bits per heavy atom. The average Bonchev–Trinajstić information content (AvgIpc) is 3.06. The Morgan fingerprint density at radius 2 is 1.86 bits per heavy atom. The zero-order chi connectivity index (χ0) is 20.2. The first-order valence-electron chi connectivity index (χ1n) is 11.8. The Kier molecular flexibility index (Phi) is 4.73. The number of aromatic nitrogens is 1. The molecule has 3 fully saturated rings. The number of hydrogen-bond donors (Lipinski definition) is 1. The normalized spacial score (nSPS) is 43.7. The molecular formula is C26H36NO2+. The Balaban J connectivity index is 1.38. The number of aliphatic hydroxyl groups is 1. The number of aliphatic hydroxyl groups excluding tert-OH is 1. The van der Waals surface area contributed by atoms with Gasteiger partial charge in [-0.2, -0.15) is 4.57 Å². The highest BCUT2D eigenvalue weighted by molar-refractivity contribution is 5.81. The topological polar surface area (TPSA) is 41.2 Å². The van der Waals surface area contributed by atoms with Gasteiger partial charge in [-0.15, -0.1) is 0 Å². The van der Waals surface area contributed by atoms with E-state index < -0.39 is 0 Å². The smallest absolute Gasteiger partial charge is 0.206 e. The fourth-order valence-electron chi connectivity index (χ4n) is 8.00. The van der Waals surface area contributed by atoms with E-state index in [1.165, 1.54) is 24.8 Å². The van der Waals surface area contributed by atoms with Crippen molar-refractivity contribution in [2.45, 2.75) is 77.9 Å². The predicted molar refractivity (Wildman–Crippen MR) is 113 cm³/mol. The first kappa shape index (κ1) is 19.5. The van der Waals surface area contributed by atoms with Crippen LogP contribution in [-0.2, 0) is 11.3 Å². The van der Waals surface area contributed by atoms with Crippen LogP contribution < -0.4 is 4.57 Å². The summed E-state index contributed by atoms with van der Waals surface area (Å²) in [6, 6.07) is 6.02. The number of nitrogens with zero attached hydrogens (tertiary/aromatic N) is 1. The summed E-state index contributed by atoms with van der Waals surface area (Å²) in [6.45, 7) is 5.43. The van der Waals surface area contributed by atoms with Crippen LogP contribution in [0.3, 0.4) is 0 Å². The lowest BCUT2D eigenvalue weighted by atomic mass is 9.47. The molecule has 0 radical (unpaired) electrons. The minimum Gasteiger partial charge on any atom is -0.393 e. The molecule has 0 amide bonds. The third kappa shape index (κ3) is 3.03. The van der Waals surface area contributed by atoms with Crippen molar-refractivity contribution in [3.05, 3.63) is 42.2 Å². The van der Waals surface area contributed by atoms with E-state index in [0.29, 0.717) is 18.2 Å². The maximum Gasteiger partial charge on any atom is 0.206 e. The zero-order valence-electron chi connectivity index (χ0n) is 18.0. The second-order valence-electron chi connectivity index (χ2n) is 10.8. The van der Waals surface area contributed by atoms with Crippen LogP contribution in [0, 0.1) is 34.5 Å². The van der Waals surface area contributed by atoms with Crippen LogP contribution in [0.25, 0.3) is 0 Å². The fourth-order valence-corrected chi connectivity index (χ4v) is 8.00. The highest BCUT2D eigenvalue weighted by Crippen LogP contribution is 2.66. The molecule has 0 spiro atoms. The summed E-state index contributed by atoms with van der Waals surface area (Å²) in [7, 11) is 0. The van der Waals surface area contributed by atoms with Gasteiger partial charge in [0.1, 0.15) is 0 Å². The number of hydrogen-bond acceptors (Lipinski definition) is 2. The summed E-state index contributed by atoms with van der Waals surface area (Å²) in [5, 5.41) is 10.2. The third-order valence-electron chi connectivity index (χ3n) is 9.58. The molecule has 1 heterocycles. The van der Waals surface area contributed by atoms with E-state index in [-0.39, 0.29) is 22.9 Å². The van der Waals surface area contributed by atoms with Crippen LogP contribution in [0.4, 0.5) is 0 Å². The lowest BCUT2D eigenvalue weighted by Crippen LogP contribution is -2.51. The molecule has 156 valence electrons. The lowest BCUT2D eigenvalue weighted by molar-refractivity contribution is -0.684. The molecule has 0 bridgehead atoms. The van der Waals surface area contributed by atoms with Gasteiger partial charge in [0.05, 0.1) is 6.10 Å². The van der Waals surface area contributed by atoms with Gasteiger partial charge in [-0.05, 0) is 80.0 Å².